The second-order valence-electron chi connectivity index (χ2n) is 6.43. The Kier molecular flexibility index (Phi) is 6.63. The Morgan fingerprint density at radius 3 is 2.26 bits per heavy atom. The van der Waals surface area contributed by atoms with E-state index in [2.05, 4.69) is 15.3 Å². The van der Waals surface area contributed by atoms with Gasteiger partial charge in [0.1, 0.15) is 5.82 Å². The van der Waals surface area contributed by atoms with E-state index in [4.69, 9.17) is 0 Å². The average Bonchev–Trinajstić information content (AvgIpc) is 2.72. The molecule has 0 fully saturated rings. The molecule has 2 aromatic heterocycles. The number of aromatic nitrogens is 2. The van der Waals surface area contributed by atoms with Crippen LogP contribution in [0.3, 0.4) is 0 Å². The van der Waals surface area contributed by atoms with Gasteiger partial charge in [0.15, 0.2) is 0 Å². The molecule has 0 aliphatic carbocycles. The molecule has 4 nitrogen and oxygen atoms in total. The molecule has 0 bridgehead atoms. The molecule has 1 N–H and O–H groups in total. The molecule has 3 aromatic rings. The highest BCUT2D eigenvalue weighted by Gasteiger charge is 2.21. The number of carbonyl (C=O) groups excluding carboxylic acids is 1. The Morgan fingerprint density at radius 1 is 0.963 bits per heavy atom. The molecule has 0 saturated heterocycles. The summed E-state index contributed by atoms with van der Waals surface area (Å²) in [6.45, 7) is 0.582. The summed E-state index contributed by atoms with van der Waals surface area (Å²) < 4.78 is 13.3. The van der Waals surface area contributed by atoms with Gasteiger partial charge in [-0.25, -0.2) is 4.39 Å². The highest BCUT2D eigenvalue weighted by Crippen LogP contribution is 2.21. The molecule has 1 atom stereocenters. The first kappa shape index (κ1) is 18.7. The molecule has 3 rings (SSSR count). The largest absolute Gasteiger partial charge is 0.356 e. The average molecular weight is 363 g/mol. The molecule has 0 saturated carbocycles. The first-order valence-electron chi connectivity index (χ1n) is 9.03. The second-order valence-corrected chi connectivity index (χ2v) is 6.43. The second kappa shape index (κ2) is 9.57. The van der Waals surface area contributed by atoms with E-state index in [1.165, 1.54) is 12.1 Å². The van der Waals surface area contributed by atoms with Crippen molar-refractivity contribution in [2.75, 3.05) is 6.54 Å². The maximum Gasteiger partial charge on any atom is 0.227 e. The third-order valence-corrected chi connectivity index (χ3v) is 4.42. The van der Waals surface area contributed by atoms with Crippen molar-refractivity contribution in [1.82, 2.24) is 15.3 Å². The fourth-order valence-corrected chi connectivity index (χ4v) is 2.98. The van der Waals surface area contributed by atoms with Crippen molar-refractivity contribution in [2.24, 2.45) is 0 Å². The van der Waals surface area contributed by atoms with Crippen LogP contribution in [-0.2, 0) is 17.6 Å². The van der Waals surface area contributed by atoms with Gasteiger partial charge in [0.25, 0.3) is 0 Å². The maximum absolute atomic E-state index is 13.3. The molecule has 2 heterocycles. The summed E-state index contributed by atoms with van der Waals surface area (Å²) >= 11 is 0. The van der Waals surface area contributed by atoms with Gasteiger partial charge in [0.05, 0.1) is 5.92 Å². The van der Waals surface area contributed by atoms with Crippen molar-refractivity contribution in [2.45, 2.75) is 25.2 Å². The first-order valence-corrected chi connectivity index (χ1v) is 9.03. The molecular formula is C22H22FN3O. The number of halogens is 1. The quantitative estimate of drug-likeness (QED) is 0.621. The predicted octanol–water partition coefficient (Wildman–Crippen LogP) is 3.69. The van der Waals surface area contributed by atoms with Crippen LogP contribution in [-0.4, -0.2) is 22.4 Å². The van der Waals surface area contributed by atoms with Crippen LogP contribution >= 0.6 is 0 Å². The number of hydrogen-bond donors (Lipinski definition) is 1. The van der Waals surface area contributed by atoms with E-state index in [0.717, 1.165) is 29.5 Å². The molecule has 0 aliphatic heterocycles. The summed E-state index contributed by atoms with van der Waals surface area (Å²) in [6, 6.07) is 13.9. The fourth-order valence-electron chi connectivity index (χ4n) is 2.98. The van der Waals surface area contributed by atoms with Gasteiger partial charge in [-0.2, -0.15) is 0 Å². The van der Waals surface area contributed by atoms with Crippen molar-refractivity contribution in [3.63, 3.8) is 0 Å². The van der Waals surface area contributed by atoms with Gasteiger partial charge in [-0.3, -0.25) is 14.8 Å². The number of pyridine rings is 2. The number of amides is 1. The predicted molar refractivity (Wildman–Crippen MR) is 103 cm³/mol. The molecule has 138 valence electrons. The summed E-state index contributed by atoms with van der Waals surface area (Å²) in [5, 5.41) is 3.01. The van der Waals surface area contributed by atoms with Crippen molar-refractivity contribution < 1.29 is 9.18 Å². The summed E-state index contributed by atoms with van der Waals surface area (Å²) in [7, 11) is 0. The van der Waals surface area contributed by atoms with Crippen LogP contribution in [0.1, 0.15) is 29.0 Å². The van der Waals surface area contributed by atoms with Crippen LogP contribution in [0.25, 0.3) is 0 Å². The van der Waals surface area contributed by atoms with Crippen LogP contribution in [0.4, 0.5) is 4.39 Å². The summed E-state index contributed by atoms with van der Waals surface area (Å²) in [5.41, 5.74) is 2.92. The normalized spacial score (nSPS) is 11.7. The Bertz CT molecular complexity index is 838. The molecule has 1 unspecified atom stereocenters. The fraction of sp³-hybridized carbons (Fsp3) is 0.227. The zero-order valence-corrected chi connectivity index (χ0v) is 15.0. The van der Waals surface area contributed by atoms with Gasteiger partial charge >= 0.3 is 0 Å². The number of aryl methyl sites for hydroxylation is 1. The number of carbonyl (C=O) groups is 1. The monoisotopic (exact) mass is 363 g/mol. The third-order valence-electron chi connectivity index (χ3n) is 4.42. The van der Waals surface area contributed by atoms with Gasteiger partial charge in [0, 0.05) is 31.3 Å². The van der Waals surface area contributed by atoms with E-state index in [1.54, 1.807) is 30.7 Å². The lowest BCUT2D eigenvalue weighted by atomic mass is 9.91. The van der Waals surface area contributed by atoms with Gasteiger partial charge < -0.3 is 5.32 Å². The van der Waals surface area contributed by atoms with Crippen LogP contribution in [0, 0.1) is 5.82 Å². The SMILES string of the molecule is O=C(NCCCc1cccnc1)C(Cc1cccnc1)c1ccc(F)cc1. The summed E-state index contributed by atoms with van der Waals surface area (Å²) in [6.07, 6.45) is 9.26. The zero-order valence-electron chi connectivity index (χ0n) is 15.0. The number of rotatable bonds is 8. The van der Waals surface area contributed by atoms with Crippen molar-refractivity contribution in [3.05, 3.63) is 95.8 Å². The van der Waals surface area contributed by atoms with Gasteiger partial charge in [-0.05, 0) is 60.2 Å². The summed E-state index contributed by atoms with van der Waals surface area (Å²) in [5.74, 6) is -0.749. The van der Waals surface area contributed by atoms with E-state index < -0.39 is 0 Å². The van der Waals surface area contributed by atoms with E-state index in [0.29, 0.717) is 13.0 Å². The molecule has 1 amide bonds. The molecular weight excluding hydrogens is 341 g/mol. The minimum Gasteiger partial charge on any atom is -0.356 e. The van der Waals surface area contributed by atoms with Gasteiger partial charge in [0.2, 0.25) is 5.91 Å². The molecule has 27 heavy (non-hydrogen) atoms. The molecule has 0 spiro atoms. The smallest absolute Gasteiger partial charge is 0.227 e. The van der Waals surface area contributed by atoms with Crippen LogP contribution in [0.5, 0.6) is 0 Å². The van der Waals surface area contributed by atoms with Crippen molar-refractivity contribution >= 4 is 5.91 Å². The Hall–Kier alpha value is -3.08. The Morgan fingerprint density at radius 2 is 1.63 bits per heavy atom. The number of hydrogen-bond acceptors (Lipinski definition) is 3. The minimum absolute atomic E-state index is 0.0587. The maximum atomic E-state index is 13.3. The van der Waals surface area contributed by atoms with Crippen LogP contribution < -0.4 is 5.32 Å². The molecule has 0 radical (unpaired) electrons. The summed E-state index contributed by atoms with van der Waals surface area (Å²) in [4.78, 5) is 21.0. The van der Waals surface area contributed by atoms with E-state index in [9.17, 15) is 9.18 Å². The van der Waals surface area contributed by atoms with Gasteiger partial charge in [-0.1, -0.05) is 24.3 Å². The van der Waals surface area contributed by atoms with Crippen LogP contribution in [0.2, 0.25) is 0 Å². The topological polar surface area (TPSA) is 54.9 Å². The number of benzene rings is 1. The van der Waals surface area contributed by atoms with Crippen molar-refractivity contribution in [1.29, 1.82) is 0 Å². The lowest BCUT2D eigenvalue weighted by Gasteiger charge is -2.17. The third kappa shape index (κ3) is 5.71. The lowest BCUT2D eigenvalue weighted by Crippen LogP contribution is -2.31. The first-order chi connectivity index (χ1) is 13.2. The zero-order chi connectivity index (χ0) is 18.9. The highest BCUT2D eigenvalue weighted by molar-refractivity contribution is 5.84. The van der Waals surface area contributed by atoms with Crippen molar-refractivity contribution in [3.8, 4) is 0 Å². The van der Waals surface area contributed by atoms with E-state index >= 15 is 0 Å². The Balaban J connectivity index is 1.62. The minimum atomic E-state index is -0.381. The van der Waals surface area contributed by atoms with Crippen LogP contribution in [0.15, 0.2) is 73.3 Å². The Labute approximate surface area is 158 Å². The highest BCUT2D eigenvalue weighted by atomic mass is 19.1. The van der Waals surface area contributed by atoms with Gasteiger partial charge in [-0.15, -0.1) is 0 Å². The lowest BCUT2D eigenvalue weighted by molar-refractivity contribution is -0.122. The number of nitrogens with zero attached hydrogens (tertiary/aromatic N) is 2. The molecule has 1 aromatic carbocycles. The molecule has 5 heteroatoms. The van der Waals surface area contributed by atoms with E-state index in [1.807, 2.05) is 30.5 Å². The molecule has 0 aliphatic rings. The van der Waals surface area contributed by atoms with E-state index in [-0.39, 0.29) is 17.6 Å². The number of nitrogens with one attached hydrogen (secondary N) is 1. The standard InChI is InChI=1S/C22H22FN3O/c23-20-9-7-19(8-10-20)21(14-18-6-2-12-25-16-18)22(27)26-13-3-5-17-4-1-11-24-15-17/h1-2,4,6-12,15-16,21H,3,5,13-14H2,(H,26,27).